The van der Waals surface area contributed by atoms with Crippen molar-refractivity contribution in [1.82, 2.24) is 15.3 Å². The summed E-state index contributed by atoms with van der Waals surface area (Å²) in [5, 5.41) is 11.5. The second-order valence-electron chi connectivity index (χ2n) is 4.52. The number of imidazole rings is 1. The molecule has 0 radical (unpaired) electrons. The van der Waals surface area contributed by atoms with E-state index in [-0.39, 0.29) is 17.8 Å². The first kappa shape index (κ1) is 14.9. The van der Waals surface area contributed by atoms with Crippen LogP contribution in [0.4, 0.5) is 0 Å². The van der Waals surface area contributed by atoms with Crippen molar-refractivity contribution >= 4 is 28.7 Å². The van der Waals surface area contributed by atoms with Crippen molar-refractivity contribution in [1.29, 1.82) is 0 Å². The van der Waals surface area contributed by atoms with Crippen LogP contribution in [-0.4, -0.2) is 39.9 Å². The van der Waals surface area contributed by atoms with Crippen LogP contribution in [0.1, 0.15) is 24.4 Å². The Balaban J connectivity index is 1.85. The maximum absolute atomic E-state index is 11.6. The van der Waals surface area contributed by atoms with Crippen molar-refractivity contribution in [2.75, 3.05) is 18.9 Å². The lowest BCUT2D eigenvalue weighted by atomic mass is 10.3. The van der Waals surface area contributed by atoms with Gasteiger partial charge in [-0.15, -0.1) is 11.8 Å². The predicted molar refractivity (Wildman–Crippen MR) is 81.7 cm³/mol. The number of para-hydroxylation sites is 2. The molecule has 0 aliphatic rings. The lowest BCUT2D eigenvalue weighted by molar-refractivity contribution is -0.118. The molecule has 1 heterocycles. The molecular weight excluding hydrogens is 274 g/mol. The van der Waals surface area contributed by atoms with Crippen LogP contribution in [0.25, 0.3) is 11.0 Å². The maximum atomic E-state index is 11.6. The molecule has 0 bridgehead atoms. The Kier molecular flexibility index (Phi) is 5.43. The molecule has 1 aromatic heterocycles. The SMILES string of the molecule is CC(SCC(=O)NCCCO)c1nc2ccccc2[nH]1. The Morgan fingerprint density at radius 1 is 1.50 bits per heavy atom. The number of hydrogen-bond donors (Lipinski definition) is 3. The van der Waals surface area contributed by atoms with Gasteiger partial charge < -0.3 is 15.4 Å². The summed E-state index contributed by atoms with van der Waals surface area (Å²) in [6, 6.07) is 7.88. The highest BCUT2D eigenvalue weighted by atomic mass is 32.2. The van der Waals surface area contributed by atoms with Gasteiger partial charge in [0.1, 0.15) is 5.82 Å². The first-order valence-corrected chi connectivity index (χ1v) is 7.69. The van der Waals surface area contributed by atoms with Gasteiger partial charge in [-0.1, -0.05) is 12.1 Å². The third-order valence-electron chi connectivity index (χ3n) is 2.91. The van der Waals surface area contributed by atoms with E-state index in [0.29, 0.717) is 18.7 Å². The molecule has 0 saturated carbocycles. The van der Waals surface area contributed by atoms with Crippen molar-refractivity contribution in [3.8, 4) is 0 Å². The van der Waals surface area contributed by atoms with Crippen LogP contribution < -0.4 is 5.32 Å². The molecule has 1 amide bonds. The molecule has 0 spiro atoms. The molecule has 0 fully saturated rings. The second kappa shape index (κ2) is 7.31. The fourth-order valence-electron chi connectivity index (χ4n) is 1.80. The Morgan fingerprint density at radius 3 is 3.05 bits per heavy atom. The molecule has 0 saturated heterocycles. The third kappa shape index (κ3) is 3.98. The number of nitrogens with zero attached hydrogens (tertiary/aromatic N) is 1. The highest BCUT2D eigenvalue weighted by molar-refractivity contribution is 8.00. The molecule has 1 atom stereocenters. The Bertz CT molecular complexity index is 537. The molecule has 2 rings (SSSR count). The minimum atomic E-state index is -0.00795. The number of hydrogen-bond acceptors (Lipinski definition) is 4. The van der Waals surface area contributed by atoms with Gasteiger partial charge in [-0.3, -0.25) is 4.79 Å². The molecule has 2 aromatic rings. The van der Waals surface area contributed by atoms with Crippen LogP contribution in [0.3, 0.4) is 0 Å². The van der Waals surface area contributed by atoms with E-state index in [2.05, 4.69) is 15.3 Å². The summed E-state index contributed by atoms with van der Waals surface area (Å²) in [5.74, 6) is 1.27. The molecule has 6 heteroatoms. The number of thioether (sulfide) groups is 1. The minimum Gasteiger partial charge on any atom is -0.396 e. The van der Waals surface area contributed by atoms with E-state index in [4.69, 9.17) is 5.11 Å². The summed E-state index contributed by atoms with van der Waals surface area (Å²) < 4.78 is 0. The van der Waals surface area contributed by atoms with Gasteiger partial charge >= 0.3 is 0 Å². The van der Waals surface area contributed by atoms with E-state index in [0.717, 1.165) is 16.9 Å². The number of aliphatic hydroxyl groups is 1. The minimum absolute atomic E-state index is 0.00795. The van der Waals surface area contributed by atoms with E-state index in [9.17, 15) is 4.79 Å². The monoisotopic (exact) mass is 293 g/mol. The molecule has 1 aromatic carbocycles. The molecule has 5 nitrogen and oxygen atoms in total. The quantitative estimate of drug-likeness (QED) is 0.681. The van der Waals surface area contributed by atoms with Gasteiger partial charge in [-0.25, -0.2) is 4.98 Å². The number of carbonyl (C=O) groups is 1. The first-order valence-electron chi connectivity index (χ1n) is 6.64. The number of nitrogens with one attached hydrogen (secondary N) is 2. The van der Waals surface area contributed by atoms with Gasteiger partial charge in [0.05, 0.1) is 22.0 Å². The molecule has 108 valence electrons. The van der Waals surface area contributed by atoms with E-state index in [1.807, 2.05) is 31.2 Å². The smallest absolute Gasteiger partial charge is 0.230 e. The Labute approximate surface area is 122 Å². The molecular formula is C14H19N3O2S. The van der Waals surface area contributed by atoms with E-state index >= 15 is 0 Å². The predicted octanol–water partition coefficient (Wildman–Crippen LogP) is 1.86. The number of rotatable bonds is 7. The number of benzene rings is 1. The largest absolute Gasteiger partial charge is 0.396 e. The van der Waals surface area contributed by atoms with Gasteiger partial charge in [0.2, 0.25) is 5.91 Å². The molecule has 3 N–H and O–H groups in total. The van der Waals surface area contributed by atoms with E-state index in [1.54, 1.807) is 11.8 Å². The van der Waals surface area contributed by atoms with Crippen molar-refractivity contribution in [2.45, 2.75) is 18.6 Å². The molecule has 20 heavy (non-hydrogen) atoms. The summed E-state index contributed by atoms with van der Waals surface area (Å²) in [4.78, 5) is 19.4. The van der Waals surface area contributed by atoms with Gasteiger partial charge in [-0.05, 0) is 25.5 Å². The Morgan fingerprint density at radius 2 is 2.30 bits per heavy atom. The number of fused-ring (bicyclic) bond motifs is 1. The highest BCUT2D eigenvalue weighted by Gasteiger charge is 2.13. The van der Waals surface area contributed by atoms with Crippen molar-refractivity contribution in [3.63, 3.8) is 0 Å². The first-order chi connectivity index (χ1) is 9.70. The number of H-pyrrole nitrogens is 1. The maximum Gasteiger partial charge on any atom is 0.230 e. The summed E-state index contributed by atoms with van der Waals surface area (Å²) in [6.45, 7) is 2.65. The lowest BCUT2D eigenvalue weighted by Gasteiger charge is -2.08. The molecule has 1 unspecified atom stereocenters. The average molecular weight is 293 g/mol. The zero-order valence-corrected chi connectivity index (χ0v) is 12.2. The average Bonchev–Trinajstić information content (AvgIpc) is 2.89. The lowest BCUT2D eigenvalue weighted by Crippen LogP contribution is -2.26. The molecule has 0 aliphatic carbocycles. The summed E-state index contributed by atoms with van der Waals surface area (Å²) in [6.07, 6.45) is 0.593. The topological polar surface area (TPSA) is 78.0 Å². The number of aliphatic hydroxyl groups excluding tert-OH is 1. The third-order valence-corrected chi connectivity index (χ3v) is 4.07. The fraction of sp³-hybridized carbons (Fsp3) is 0.429. The second-order valence-corrected chi connectivity index (χ2v) is 5.85. The van der Waals surface area contributed by atoms with Gasteiger partial charge in [0.15, 0.2) is 0 Å². The highest BCUT2D eigenvalue weighted by Crippen LogP contribution is 2.27. The number of aromatic nitrogens is 2. The zero-order valence-electron chi connectivity index (χ0n) is 11.4. The van der Waals surface area contributed by atoms with Crippen LogP contribution in [0.5, 0.6) is 0 Å². The fourth-order valence-corrected chi connectivity index (χ4v) is 2.58. The van der Waals surface area contributed by atoms with Gasteiger partial charge in [0, 0.05) is 13.2 Å². The van der Waals surface area contributed by atoms with Crippen molar-refractivity contribution in [3.05, 3.63) is 30.1 Å². The van der Waals surface area contributed by atoms with Crippen LogP contribution >= 0.6 is 11.8 Å². The zero-order chi connectivity index (χ0) is 14.4. The van der Waals surface area contributed by atoms with Crippen LogP contribution in [0.2, 0.25) is 0 Å². The standard InChI is InChI=1S/C14H19N3O2S/c1-10(20-9-13(19)15-7-4-8-18)14-16-11-5-2-3-6-12(11)17-14/h2-3,5-6,10,18H,4,7-9H2,1H3,(H,15,19)(H,16,17). The van der Waals surface area contributed by atoms with Crippen LogP contribution in [-0.2, 0) is 4.79 Å². The van der Waals surface area contributed by atoms with E-state index in [1.165, 1.54) is 0 Å². The van der Waals surface area contributed by atoms with Crippen molar-refractivity contribution < 1.29 is 9.90 Å². The number of amides is 1. The molecule has 0 aliphatic heterocycles. The summed E-state index contributed by atoms with van der Waals surface area (Å²) >= 11 is 1.54. The summed E-state index contributed by atoms with van der Waals surface area (Å²) in [5.41, 5.74) is 1.96. The van der Waals surface area contributed by atoms with Crippen LogP contribution in [0, 0.1) is 0 Å². The van der Waals surface area contributed by atoms with Gasteiger partial charge in [0.25, 0.3) is 0 Å². The number of aromatic amines is 1. The number of carbonyl (C=O) groups excluding carboxylic acids is 1. The van der Waals surface area contributed by atoms with Crippen LogP contribution in [0.15, 0.2) is 24.3 Å². The normalized spacial score (nSPS) is 12.5. The van der Waals surface area contributed by atoms with Crippen molar-refractivity contribution in [2.24, 2.45) is 0 Å². The summed E-state index contributed by atoms with van der Waals surface area (Å²) in [7, 11) is 0. The Hall–Kier alpha value is -1.53. The van der Waals surface area contributed by atoms with Gasteiger partial charge in [-0.2, -0.15) is 0 Å². The van der Waals surface area contributed by atoms with E-state index < -0.39 is 0 Å².